The third-order valence-electron chi connectivity index (χ3n) is 2.94. The van der Waals surface area contributed by atoms with Gasteiger partial charge >= 0.3 is 0 Å². The molecule has 0 bridgehead atoms. The highest BCUT2D eigenvalue weighted by Crippen LogP contribution is 2.26. The number of hydrogen-bond acceptors (Lipinski definition) is 5. The van der Waals surface area contributed by atoms with Gasteiger partial charge in [0.1, 0.15) is 5.69 Å². The number of ether oxygens (including phenoxy) is 1. The van der Waals surface area contributed by atoms with Gasteiger partial charge in [0.15, 0.2) is 0 Å². The number of carbonyl (C=O) groups excluding carboxylic acids is 1. The van der Waals surface area contributed by atoms with E-state index < -0.39 is 4.92 Å². The SMILES string of the molecule is COCCCCNc1ccc(C(=O)N(C)C)cc1[N+](=O)[O-]. The van der Waals surface area contributed by atoms with E-state index in [1.165, 1.54) is 11.0 Å². The molecule has 1 N–H and O–H groups in total. The second-order valence-electron chi connectivity index (χ2n) is 4.82. The van der Waals surface area contributed by atoms with Gasteiger partial charge in [-0.25, -0.2) is 0 Å². The van der Waals surface area contributed by atoms with Gasteiger partial charge in [-0.2, -0.15) is 0 Å². The van der Waals surface area contributed by atoms with Crippen LogP contribution in [0, 0.1) is 10.1 Å². The fraction of sp³-hybridized carbons (Fsp3) is 0.500. The fourth-order valence-electron chi connectivity index (χ4n) is 1.82. The molecule has 7 heteroatoms. The van der Waals surface area contributed by atoms with Crippen LogP contribution in [0.5, 0.6) is 0 Å². The molecular formula is C14H21N3O4. The van der Waals surface area contributed by atoms with Crippen molar-refractivity contribution in [2.75, 3.05) is 39.7 Å². The first-order valence-electron chi connectivity index (χ1n) is 6.70. The summed E-state index contributed by atoms with van der Waals surface area (Å²) in [6, 6.07) is 4.47. The van der Waals surface area contributed by atoms with Crippen LogP contribution >= 0.6 is 0 Å². The van der Waals surface area contributed by atoms with Crippen molar-refractivity contribution in [2.45, 2.75) is 12.8 Å². The minimum Gasteiger partial charge on any atom is -0.385 e. The number of nitrogens with one attached hydrogen (secondary N) is 1. The molecule has 1 rings (SSSR count). The summed E-state index contributed by atoms with van der Waals surface area (Å²) in [5, 5.41) is 14.1. The molecule has 0 aliphatic heterocycles. The monoisotopic (exact) mass is 295 g/mol. The van der Waals surface area contributed by atoms with E-state index in [0.29, 0.717) is 24.4 Å². The van der Waals surface area contributed by atoms with Gasteiger partial charge in [-0.15, -0.1) is 0 Å². The van der Waals surface area contributed by atoms with Crippen LogP contribution in [0.4, 0.5) is 11.4 Å². The van der Waals surface area contributed by atoms with Gasteiger partial charge in [0.05, 0.1) is 4.92 Å². The Labute approximate surface area is 124 Å². The van der Waals surface area contributed by atoms with E-state index in [-0.39, 0.29) is 11.6 Å². The number of nitrogens with zero attached hydrogens (tertiary/aromatic N) is 2. The largest absolute Gasteiger partial charge is 0.385 e. The van der Waals surface area contributed by atoms with Crippen molar-refractivity contribution >= 4 is 17.3 Å². The lowest BCUT2D eigenvalue weighted by Gasteiger charge is -2.12. The minimum absolute atomic E-state index is 0.0885. The second kappa shape index (κ2) is 8.21. The average Bonchev–Trinajstić information content (AvgIpc) is 2.46. The molecule has 21 heavy (non-hydrogen) atoms. The highest BCUT2D eigenvalue weighted by molar-refractivity contribution is 5.95. The Balaban J connectivity index is 2.80. The van der Waals surface area contributed by atoms with Crippen LogP contribution in [-0.2, 0) is 4.74 Å². The number of rotatable bonds is 8. The van der Waals surface area contributed by atoms with Gasteiger partial charge in [0.2, 0.25) is 0 Å². The Hall–Kier alpha value is -2.15. The molecule has 0 heterocycles. The van der Waals surface area contributed by atoms with Crippen LogP contribution in [-0.4, -0.2) is 50.1 Å². The van der Waals surface area contributed by atoms with Crippen molar-refractivity contribution in [1.29, 1.82) is 0 Å². The molecule has 0 saturated heterocycles. The van der Waals surface area contributed by atoms with Crippen LogP contribution in [0.25, 0.3) is 0 Å². The maximum Gasteiger partial charge on any atom is 0.293 e. The predicted octanol–water partition coefficient (Wildman–Crippen LogP) is 2.14. The Morgan fingerprint density at radius 1 is 1.38 bits per heavy atom. The molecule has 116 valence electrons. The summed E-state index contributed by atoms with van der Waals surface area (Å²) in [5.41, 5.74) is 0.638. The van der Waals surface area contributed by atoms with Gasteiger partial charge in [-0.3, -0.25) is 14.9 Å². The topological polar surface area (TPSA) is 84.7 Å². The first kappa shape index (κ1) is 16.9. The van der Waals surface area contributed by atoms with Gasteiger partial charge < -0.3 is 15.0 Å². The number of benzene rings is 1. The first-order chi connectivity index (χ1) is 9.97. The highest BCUT2D eigenvalue weighted by Gasteiger charge is 2.18. The number of methoxy groups -OCH3 is 1. The smallest absolute Gasteiger partial charge is 0.293 e. The van der Waals surface area contributed by atoms with E-state index >= 15 is 0 Å². The Bertz CT molecular complexity index is 503. The van der Waals surface area contributed by atoms with E-state index in [9.17, 15) is 14.9 Å². The molecule has 0 spiro atoms. The van der Waals surface area contributed by atoms with Gasteiger partial charge in [-0.1, -0.05) is 0 Å². The highest BCUT2D eigenvalue weighted by atomic mass is 16.6. The third kappa shape index (κ3) is 5.03. The molecule has 0 aromatic heterocycles. The maximum absolute atomic E-state index is 11.8. The molecule has 1 aromatic rings. The van der Waals surface area contributed by atoms with Crippen molar-refractivity contribution in [1.82, 2.24) is 4.90 Å². The van der Waals surface area contributed by atoms with Crippen molar-refractivity contribution < 1.29 is 14.5 Å². The molecule has 0 saturated carbocycles. The summed E-state index contributed by atoms with van der Waals surface area (Å²) in [6.07, 6.45) is 1.73. The number of amides is 1. The number of carbonyl (C=O) groups is 1. The molecule has 1 aromatic carbocycles. The number of nitro groups is 1. The van der Waals surface area contributed by atoms with E-state index in [1.807, 2.05) is 0 Å². The summed E-state index contributed by atoms with van der Waals surface area (Å²) >= 11 is 0. The molecule has 0 aliphatic carbocycles. The van der Waals surface area contributed by atoms with Crippen LogP contribution in [0.2, 0.25) is 0 Å². The van der Waals surface area contributed by atoms with E-state index in [4.69, 9.17) is 4.74 Å². The molecular weight excluding hydrogens is 274 g/mol. The molecule has 7 nitrogen and oxygen atoms in total. The van der Waals surface area contributed by atoms with Crippen molar-refractivity contribution in [3.63, 3.8) is 0 Å². The van der Waals surface area contributed by atoms with Crippen molar-refractivity contribution in [3.8, 4) is 0 Å². The van der Waals surface area contributed by atoms with Crippen molar-refractivity contribution in [2.24, 2.45) is 0 Å². The zero-order valence-electron chi connectivity index (χ0n) is 12.6. The normalized spacial score (nSPS) is 10.2. The van der Waals surface area contributed by atoms with Gasteiger partial charge in [0, 0.05) is 46.0 Å². The lowest BCUT2D eigenvalue weighted by Crippen LogP contribution is -2.21. The maximum atomic E-state index is 11.8. The third-order valence-corrected chi connectivity index (χ3v) is 2.94. The molecule has 1 amide bonds. The van der Waals surface area contributed by atoms with E-state index in [0.717, 1.165) is 12.8 Å². The Kier molecular flexibility index (Phi) is 6.61. The van der Waals surface area contributed by atoms with E-state index in [2.05, 4.69) is 5.32 Å². The number of unbranched alkanes of at least 4 members (excludes halogenated alkanes) is 1. The molecule has 0 aliphatic rings. The minimum atomic E-state index is -0.482. The fourth-order valence-corrected chi connectivity index (χ4v) is 1.82. The van der Waals surface area contributed by atoms with Crippen LogP contribution in [0.1, 0.15) is 23.2 Å². The van der Waals surface area contributed by atoms with Gasteiger partial charge in [-0.05, 0) is 25.0 Å². The number of hydrogen-bond donors (Lipinski definition) is 1. The lowest BCUT2D eigenvalue weighted by molar-refractivity contribution is -0.384. The van der Waals surface area contributed by atoms with Crippen molar-refractivity contribution in [3.05, 3.63) is 33.9 Å². The number of nitro benzene ring substituents is 1. The first-order valence-corrected chi connectivity index (χ1v) is 6.70. The summed E-state index contributed by atoms with van der Waals surface area (Å²) in [4.78, 5) is 23.9. The summed E-state index contributed by atoms with van der Waals surface area (Å²) < 4.78 is 4.94. The molecule has 0 unspecified atom stereocenters. The molecule has 0 atom stereocenters. The summed E-state index contributed by atoms with van der Waals surface area (Å²) in [7, 11) is 4.85. The van der Waals surface area contributed by atoms with E-state index in [1.54, 1.807) is 33.3 Å². The van der Waals surface area contributed by atoms with Crippen LogP contribution in [0.3, 0.4) is 0 Å². The van der Waals surface area contributed by atoms with Crippen LogP contribution in [0.15, 0.2) is 18.2 Å². The number of anilines is 1. The standard InChI is InChI=1S/C14H21N3O4/c1-16(2)14(18)11-6-7-12(13(10-11)17(19)20)15-8-4-5-9-21-3/h6-7,10,15H,4-5,8-9H2,1-3H3. The Morgan fingerprint density at radius 2 is 2.10 bits per heavy atom. The zero-order chi connectivity index (χ0) is 15.8. The lowest BCUT2D eigenvalue weighted by atomic mass is 10.1. The van der Waals surface area contributed by atoms with Crippen LogP contribution < -0.4 is 5.32 Å². The summed E-state index contributed by atoms with van der Waals surface area (Å²) in [5.74, 6) is -0.259. The average molecular weight is 295 g/mol. The molecule has 0 radical (unpaired) electrons. The quantitative estimate of drug-likeness (QED) is 0.451. The van der Waals surface area contributed by atoms with Gasteiger partial charge in [0.25, 0.3) is 11.6 Å². The zero-order valence-corrected chi connectivity index (χ0v) is 12.6. The Morgan fingerprint density at radius 3 is 2.67 bits per heavy atom. The second-order valence-corrected chi connectivity index (χ2v) is 4.82. The molecule has 0 fully saturated rings. The predicted molar refractivity (Wildman–Crippen MR) is 80.7 cm³/mol. The summed E-state index contributed by atoms with van der Waals surface area (Å²) in [6.45, 7) is 1.28.